The third kappa shape index (κ3) is 3.68. The maximum atomic E-state index is 11.1. The van der Waals surface area contributed by atoms with Crippen molar-refractivity contribution in [3.05, 3.63) is 23.7 Å². The van der Waals surface area contributed by atoms with Gasteiger partial charge in [0.25, 0.3) is 5.78 Å². The first-order valence-corrected chi connectivity index (χ1v) is 5.20. The van der Waals surface area contributed by atoms with Crippen molar-refractivity contribution in [3.8, 4) is 0 Å². The van der Waals surface area contributed by atoms with Crippen molar-refractivity contribution in [1.82, 2.24) is 4.98 Å². The van der Waals surface area contributed by atoms with Gasteiger partial charge in [-0.05, 0) is 0 Å². The van der Waals surface area contributed by atoms with E-state index in [9.17, 15) is 14.4 Å². The summed E-state index contributed by atoms with van der Waals surface area (Å²) in [7, 11) is 0. The number of ether oxygens (including phenoxy) is 1. The van der Waals surface area contributed by atoms with Crippen LogP contribution in [0.25, 0.3) is 0 Å². The van der Waals surface area contributed by atoms with Crippen molar-refractivity contribution in [1.29, 1.82) is 0 Å². The van der Waals surface area contributed by atoms with E-state index in [2.05, 4.69) is 21.6 Å². The predicted octanol–water partition coefficient (Wildman–Crippen LogP) is 1.14. The summed E-state index contributed by atoms with van der Waals surface area (Å²) in [5, 5.41) is 12.0. The maximum Gasteiger partial charge on any atom is 0.413 e. The molecule has 0 radical (unpaired) electrons. The number of carboxylic acid groups (broad SMARTS) is 1. The van der Waals surface area contributed by atoms with Crippen molar-refractivity contribution in [2.45, 2.75) is 0 Å². The number of hydrogen-bond donors (Lipinski definition) is 2. The highest BCUT2D eigenvalue weighted by atomic mass is 32.1. The summed E-state index contributed by atoms with van der Waals surface area (Å²) in [4.78, 5) is 36.1. The standard InChI is InChI=1S/C9H8N2O5S/c1-2-3-16-9(15)11-8-10-5(4-17-8)6(12)7(13)14/h2,4H,1,3H2,(H,13,14)(H,10,11,15). The fourth-order valence-electron chi connectivity index (χ4n) is 0.803. The average molecular weight is 256 g/mol. The largest absolute Gasteiger partial charge is 0.475 e. The molecule has 1 rings (SSSR count). The Bertz CT molecular complexity index is 468. The van der Waals surface area contributed by atoms with Gasteiger partial charge in [-0.15, -0.1) is 11.3 Å². The summed E-state index contributed by atoms with van der Waals surface area (Å²) in [6, 6.07) is 0. The number of aliphatic carboxylic acids is 1. The summed E-state index contributed by atoms with van der Waals surface area (Å²) >= 11 is 0.924. The molecule has 1 aromatic rings. The lowest BCUT2D eigenvalue weighted by Crippen LogP contribution is -2.15. The van der Waals surface area contributed by atoms with E-state index in [1.54, 1.807) is 0 Å². The van der Waals surface area contributed by atoms with Gasteiger partial charge in [-0.1, -0.05) is 12.7 Å². The van der Waals surface area contributed by atoms with Crippen LogP contribution in [-0.4, -0.2) is 34.5 Å². The summed E-state index contributed by atoms with van der Waals surface area (Å²) in [6.07, 6.45) is 0.634. The smallest absolute Gasteiger partial charge is 0.413 e. The molecule has 8 heteroatoms. The van der Waals surface area contributed by atoms with Crippen LogP contribution in [0.5, 0.6) is 0 Å². The number of Topliss-reactive ketones (excluding diaryl/α,β-unsaturated/α-hetero) is 1. The molecule has 1 amide bonds. The van der Waals surface area contributed by atoms with Crippen LogP contribution in [0, 0.1) is 0 Å². The highest BCUT2D eigenvalue weighted by molar-refractivity contribution is 7.14. The molecule has 0 aromatic carbocycles. The fraction of sp³-hybridized carbons (Fsp3) is 0.111. The number of nitrogens with zero attached hydrogens (tertiary/aromatic N) is 1. The number of carbonyl (C=O) groups excluding carboxylic acids is 2. The van der Waals surface area contributed by atoms with Gasteiger partial charge in [-0.3, -0.25) is 10.1 Å². The molecule has 90 valence electrons. The first kappa shape index (κ1) is 12.8. The van der Waals surface area contributed by atoms with Gasteiger partial charge in [0.1, 0.15) is 12.3 Å². The van der Waals surface area contributed by atoms with E-state index in [-0.39, 0.29) is 17.4 Å². The minimum absolute atomic E-state index is 0.0398. The van der Waals surface area contributed by atoms with E-state index in [0.29, 0.717) is 0 Å². The lowest BCUT2D eigenvalue weighted by molar-refractivity contribution is -0.131. The molecule has 0 atom stereocenters. The molecule has 0 aliphatic rings. The summed E-state index contributed by atoms with van der Waals surface area (Å²) < 4.78 is 4.61. The average Bonchev–Trinajstić information content (AvgIpc) is 2.73. The number of nitrogens with one attached hydrogen (secondary N) is 1. The van der Waals surface area contributed by atoms with E-state index >= 15 is 0 Å². The number of rotatable bonds is 5. The van der Waals surface area contributed by atoms with Crippen molar-refractivity contribution < 1.29 is 24.2 Å². The Morgan fingerprint density at radius 2 is 2.29 bits per heavy atom. The topological polar surface area (TPSA) is 106 Å². The normalized spacial score (nSPS) is 9.41. The van der Waals surface area contributed by atoms with E-state index in [0.717, 1.165) is 11.3 Å². The molecule has 17 heavy (non-hydrogen) atoms. The highest BCUT2D eigenvalue weighted by Gasteiger charge is 2.18. The molecule has 0 fully saturated rings. The lowest BCUT2D eigenvalue weighted by Gasteiger charge is -2.00. The number of aromatic nitrogens is 1. The van der Waals surface area contributed by atoms with Gasteiger partial charge in [-0.2, -0.15) is 0 Å². The van der Waals surface area contributed by atoms with E-state index in [1.807, 2.05) is 0 Å². The lowest BCUT2D eigenvalue weighted by atomic mass is 10.3. The van der Waals surface area contributed by atoms with Crippen molar-refractivity contribution in [2.75, 3.05) is 11.9 Å². The second kappa shape index (κ2) is 5.75. The molecule has 2 N–H and O–H groups in total. The minimum Gasteiger partial charge on any atom is -0.475 e. The molecule has 1 heterocycles. The van der Waals surface area contributed by atoms with Crippen molar-refractivity contribution >= 4 is 34.3 Å². The van der Waals surface area contributed by atoms with Crippen LogP contribution in [-0.2, 0) is 9.53 Å². The molecule has 0 aliphatic carbocycles. The van der Waals surface area contributed by atoms with Crippen LogP contribution in [0.1, 0.15) is 10.5 Å². The minimum atomic E-state index is -1.60. The molecule has 1 aromatic heterocycles. The summed E-state index contributed by atoms with van der Waals surface area (Å²) in [5.74, 6) is -2.73. The van der Waals surface area contributed by atoms with Gasteiger partial charge in [0, 0.05) is 5.38 Å². The van der Waals surface area contributed by atoms with Crippen molar-refractivity contribution in [3.63, 3.8) is 0 Å². The number of amides is 1. The number of ketones is 1. The van der Waals surface area contributed by atoms with Gasteiger partial charge in [-0.25, -0.2) is 14.6 Å². The first-order chi connectivity index (χ1) is 8.04. The Balaban J connectivity index is 2.62. The third-order valence-corrected chi connectivity index (χ3v) is 2.23. The fourth-order valence-corrected chi connectivity index (χ4v) is 1.48. The van der Waals surface area contributed by atoms with Crippen LogP contribution in [0.15, 0.2) is 18.0 Å². The third-order valence-electron chi connectivity index (χ3n) is 1.47. The monoisotopic (exact) mass is 256 g/mol. The highest BCUT2D eigenvalue weighted by Crippen LogP contribution is 2.16. The van der Waals surface area contributed by atoms with Crippen molar-refractivity contribution in [2.24, 2.45) is 0 Å². The van der Waals surface area contributed by atoms with Gasteiger partial charge < -0.3 is 9.84 Å². The Kier molecular flexibility index (Phi) is 4.35. The zero-order valence-corrected chi connectivity index (χ0v) is 9.32. The van der Waals surface area contributed by atoms with E-state index in [1.165, 1.54) is 11.5 Å². The molecule has 0 unspecified atom stereocenters. The maximum absolute atomic E-state index is 11.1. The predicted molar refractivity (Wildman–Crippen MR) is 59.2 cm³/mol. The number of carboxylic acids is 1. The Morgan fingerprint density at radius 1 is 1.59 bits per heavy atom. The molecule has 7 nitrogen and oxygen atoms in total. The van der Waals surface area contributed by atoms with Crippen LogP contribution in [0.2, 0.25) is 0 Å². The molecular weight excluding hydrogens is 248 g/mol. The molecule has 0 saturated carbocycles. The number of anilines is 1. The molecule has 0 spiro atoms. The molecular formula is C9H8N2O5S. The molecule has 0 aliphatic heterocycles. The van der Waals surface area contributed by atoms with Crippen LogP contribution in [0.4, 0.5) is 9.93 Å². The van der Waals surface area contributed by atoms with Crippen LogP contribution in [0.3, 0.4) is 0 Å². The van der Waals surface area contributed by atoms with Gasteiger partial charge in [0.15, 0.2) is 5.13 Å². The van der Waals surface area contributed by atoms with Gasteiger partial charge >= 0.3 is 12.1 Å². The number of carbonyl (C=O) groups is 3. The number of thiazole rings is 1. The van der Waals surface area contributed by atoms with E-state index < -0.39 is 17.8 Å². The second-order valence-corrected chi connectivity index (χ2v) is 3.54. The second-order valence-electron chi connectivity index (χ2n) is 2.68. The zero-order chi connectivity index (χ0) is 12.8. The Morgan fingerprint density at radius 3 is 2.88 bits per heavy atom. The van der Waals surface area contributed by atoms with E-state index in [4.69, 9.17) is 5.11 Å². The Hall–Kier alpha value is -2.22. The van der Waals surface area contributed by atoms with Crippen LogP contribution >= 0.6 is 11.3 Å². The summed E-state index contributed by atoms with van der Waals surface area (Å²) in [6.45, 7) is 3.40. The zero-order valence-electron chi connectivity index (χ0n) is 8.50. The first-order valence-electron chi connectivity index (χ1n) is 4.32. The van der Waals surface area contributed by atoms with Gasteiger partial charge in [0.05, 0.1) is 0 Å². The van der Waals surface area contributed by atoms with Gasteiger partial charge in [0.2, 0.25) is 0 Å². The Labute approximate surface area is 99.7 Å². The van der Waals surface area contributed by atoms with Crippen LogP contribution < -0.4 is 5.32 Å². The quantitative estimate of drug-likeness (QED) is 0.465. The SMILES string of the molecule is C=CCOC(=O)Nc1nc(C(=O)C(=O)O)cs1. The number of hydrogen-bond acceptors (Lipinski definition) is 6. The molecule has 0 bridgehead atoms. The summed E-state index contributed by atoms with van der Waals surface area (Å²) in [5.41, 5.74) is -0.235. The molecule has 0 saturated heterocycles.